The number of para-hydroxylation sites is 8. The van der Waals surface area contributed by atoms with E-state index < -0.39 is 7.87 Å². The zero-order valence-corrected chi connectivity index (χ0v) is 23.3. The van der Waals surface area contributed by atoms with Gasteiger partial charge in [-0.25, -0.2) is 0 Å². The van der Waals surface area contributed by atoms with Crippen LogP contribution in [-0.4, -0.2) is 28.4 Å². The largest absolute Gasteiger partial charge is 1.00 e. The van der Waals surface area contributed by atoms with Crippen molar-refractivity contribution < 1.29 is 31.4 Å². The number of methoxy groups -OCH3 is 4. The molecule has 0 amide bonds. The van der Waals surface area contributed by atoms with Crippen molar-refractivity contribution >= 4 is 30.6 Å². The minimum atomic E-state index is -2.86. The lowest BCUT2D eigenvalue weighted by Gasteiger charge is -2.31. The highest BCUT2D eigenvalue weighted by Gasteiger charge is 2.43. The van der Waals surface area contributed by atoms with Crippen molar-refractivity contribution in [1.29, 1.82) is 0 Å². The van der Waals surface area contributed by atoms with Gasteiger partial charge in [0.25, 0.3) is 0 Å². The molecule has 4 aromatic carbocycles. The third kappa shape index (κ3) is 6.65. The summed E-state index contributed by atoms with van der Waals surface area (Å²) in [6.07, 6.45) is 0. The van der Waals surface area contributed by atoms with Gasteiger partial charge in [-0.2, -0.15) is 20.3 Å². The molecular weight excluding hydrogens is 523 g/mol. The Morgan fingerprint density at radius 1 is 0.395 bits per heavy atom. The van der Waals surface area contributed by atoms with Gasteiger partial charge in [0.1, 0.15) is 45.7 Å². The van der Waals surface area contributed by atoms with E-state index in [-0.39, 0.29) is 12.4 Å². The molecule has 0 bridgehead atoms. The Morgan fingerprint density at radius 3 is 0.816 bits per heavy atom. The Labute approximate surface area is 230 Å². The number of anilines is 4. The van der Waals surface area contributed by atoms with Crippen LogP contribution in [0.3, 0.4) is 0 Å². The van der Waals surface area contributed by atoms with Gasteiger partial charge in [0.2, 0.25) is 0 Å². The van der Waals surface area contributed by atoms with Gasteiger partial charge in [-0.1, -0.05) is 48.5 Å². The first-order valence-electron chi connectivity index (χ1n) is 11.7. The van der Waals surface area contributed by atoms with Crippen LogP contribution >= 0.6 is 7.87 Å². The van der Waals surface area contributed by atoms with E-state index in [2.05, 4.69) is 20.3 Å². The number of nitrogens with one attached hydrogen (secondary N) is 4. The van der Waals surface area contributed by atoms with Crippen molar-refractivity contribution in [1.82, 2.24) is 0 Å². The van der Waals surface area contributed by atoms with Crippen LogP contribution in [0.15, 0.2) is 97.1 Å². The maximum Gasteiger partial charge on any atom is 0.395 e. The highest BCUT2D eigenvalue weighted by molar-refractivity contribution is 7.81. The SMILES string of the molecule is COc1ccccc1N[P+](Nc1ccccc1OC)(Nc1ccccc1OC)Nc1ccccc1OC.[Cl-]. The monoisotopic (exact) mass is 554 g/mol. The first-order valence-corrected chi connectivity index (χ1v) is 13.4. The zero-order valence-electron chi connectivity index (χ0n) is 21.7. The van der Waals surface area contributed by atoms with Gasteiger partial charge in [-0.3, -0.25) is 0 Å². The average molecular weight is 555 g/mol. The quantitative estimate of drug-likeness (QED) is 0.194. The van der Waals surface area contributed by atoms with Gasteiger partial charge in [-0.15, -0.1) is 0 Å². The number of hydrogen-bond donors (Lipinski definition) is 4. The molecule has 0 spiro atoms. The summed E-state index contributed by atoms with van der Waals surface area (Å²) in [6.45, 7) is 0. The Morgan fingerprint density at radius 2 is 0.605 bits per heavy atom. The Balaban J connectivity index is 0.00000400. The smallest absolute Gasteiger partial charge is 0.395 e. The highest BCUT2D eigenvalue weighted by atomic mass is 35.5. The summed E-state index contributed by atoms with van der Waals surface area (Å²) < 4.78 is 22.7. The van der Waals surface area contributed by atoms with E-state index in [1.54, 1.807) is 28.4 Å². The zero-order chi connectivity index (χ0) is 26.1. The molecule has 0 atom stereocenters. The van der Waals surface area contributed by atoms with E-state index >= 15 is 0 Å². The van der Waals surface area contributed by atoms with E-state index in [0.29, 0.717) is 23.0 Å². The van der Waals surface area contributed by atoms with Crippen molar-refractivity contribution in [3.05, 3.63) is 97.1 Å². The van der Waals surface area contributed by atoms with Crippen LogP contribution in [0.25, 0.3) is 0 Å². The number of rotatable bonds is 12. The van der Waals surface area contributed by atoms with Gasteiger partial charge in [-0.05, 0) is 48.5 Å². The fourth-order valence-electron chi connectivity index (χ4n) is 3.84. The molecule has 4 rings (SSSR count). The van der Waals surface area contributed by atoms with Crippen LogP contribution in [0.4, 0.5) is 22.7 Å². The van der Waals surface area contributed by atoms with Gasteiger partial charge in [0.05, 0.1) is 28.4 Å². The maximum atomic E-state index is 5.67. The van der Waals surface area contributed by atoms with Crippen LogP contribution in [0, 0.1) is 0 Å². The molecule has 0 radical (unpaired) electrons. The fraction of sp³-hybridized carbons (Fsp3) is 0.143. The number of benzene rings is 4. The first kappa shape index (κ1) is 28.6. The molecule has 4 N–H and O–H groups in total. The van der Waals surface area contributed by atoms with Crippen LogP contribution in [0.2, 0.25) is 0 Å². The summed E-state index contributed by atoms with van der Waals surface area (Å²) in [4.78, 5) is 0. The van der Waals surface area contributed by atoms with Crippen molar-refractivity contribution in [2.24, 2.45) is 0 Å². The van der Waals surface area contributed by atoms with E-state index in [0.717, 1.165) is 22.7 Å². The molecule has 0 saturated carbocycles. The number of ether oxygens (including phenoxy) is 4. The van der Waals surface area contributed by atoms with E-state index in [1.165, 1.54) is 0 Å². The second kappa shape index (κ2) is 13.5. The Bertz CT molecular complexity index is 1120. The Kier molecular flexibility index (Phi) is 10.2. The highest BCUT2D eigenvalue weighted by Crippen LogP contribution is 2.60. The van der Waals surface area contributed by atoms with Crippen molar-refractivity contribution in [3.8, 4) is 23.0 Å². The molecular formula is C28H32ClN4O4P. The molecule has 38 heavy (non-hydrogen) atoms. The molecule has 10 heteroatoms. The molecule has 0 aliphatic heterocycles. The van der Waals surface area contributed by atoms with Gasteiger partial charge >= 0.3 is 7.87 Å². The average Bonchev–Trinajstić information content (AvgIpc) is 2.94. The molecule has 200 valence electrons. The van der Waals surface area contributed by atoms with Crippen molar-refractivity contribution in [2.45, 2.75) is 0 Å². The molecule has 0 saturated heterocycles. The third-order valence-corrected chi connectivity index (χ3v) is 7.89. The third-order valence-electron chi connectivity index (χ3n) is 5.58. The van der Waals surface area contributed by atoms with Gasteiger partial charge < -0.3 is 31.4 Å². The first-order chi connectivity index (χ1) is 18.1. The second-order valence-electron chi connectivity index (χ2n) is 7.92. The van der Waals surface area contributed by atoms with Crippen LogP contribution < -0.4 is 51.7 Å². The lowest BCUT2D eigenvalue weighted by molar-refractivity contribution is -0.00000850. The van der Waals surface area contributed by atoms with E-state index in [9.17, 15) is 0 Å². The van der Waals surface area contributed by atoms with Crippen LogP contribution in [-0.2, 0) is 0 Å². The predicted molar refractivity (Wildman–Crippen MR) is 153 cm³/mol. The molecule has 0 aliphatic carbocycles. The van der Waals surface area contributed by atoms with Gasteiger partial charge in [0.15, 0.2) is 0 Å². The minimum Gasteiger partial charge on any atom is -1.00 e. The van der Waals surface area contributed by atoms with Gasteiger partial charge in [0, 0.05) is 0 Å². The molecule has 0 fully saturated rings. The second-order valence-corrected chi connectivity index (χ2v) is 10.2. The maximum absolute atomic E-state index is 5.67. The lowest BCUT2D eigenvalue weighted by atomic mass is 10.3. The standard InChI is InChI=1S/C28H32N4O4P.ClH/c1-33-25-17-9-5-13-21(25)29-37(30-22-14-6-10-18-26(22)34-2,31-23-15-7-11-19-27(23)35-3)32-24-16-8-12-20-28(24)36-4;/h5-20,29-32H,1-4H3;1H/q+1;/p-1. The Hall–Kier alpha value is -4.00. The van der Waals surface area contributed by atoms with E-state index in [4.69, 9.17) is 18.9 Å². The van der Waals surface area contributed by atoms with E-state index in [1.807, 2.05) is 97.1 Å². The molecule has 4 aromatic rings. The molecule has 8 nitrogen and oxygen atoms in total. The molecule has 0 aliphatic rings. The molecule has 0 unspecified atom stereocenters. The minimum absolute atomic E-state index is 0. The number of hydrogen-bond acceptors (Lipinski definition) is 8. The summed E-state index contributed by atoms with van der Waals surface area (Å²) in [5, 5.41) is 14.8. The summed E-state index contributed by atoms with van der Waals surface area (Å²) in [5.41, 5.74) is 3.13. The number of halogens is 1. The van der Waals surface area contributed by atoms with Crippen LogP contribution in [0.5, 0.6) is 23.0 Å². The predicted octanol–water partition coefficient (Wildman–Crippen LogP) is 4.15. The summed E-state index contributed by atoms with van der Waals surface area (Å²) in [6, 6.07) is 31.0. The summed E-state index contributed by atoms with van der Waals surface area (Å²) >= 11 is 0. The molecule has 0 aromatic heterocycles. The van der Waals surface area contributed by atoms with Crippen molar-refractivity contribution in [2.75, 3.05) is 48.8 Å². The molecule has 0 heterocycles. The fourth-order valence-corrected chi connectivity index (χ4v) is 6.36. The summed E-state index contributed by atoms with van der Waals surface area (Å²) in [5.74, 6) is 2.77. The normalized spacial score (nSPS) is 10.4. The summed E-state index contributed by atoms with van der Waals surface area (Å²) in [7, 11) is 3.73. The topological polar surface area (TPSA) is 85.0 Å². The van der Waals surface area contributed by atoms with Crippen molar-refractivity contribution in [3.63, 3.8) is 0 Å². The van der Waals surface area contributed by atoms with Crippen LogP contribution in [0.1, 0.15) is 0 Å². The lowest BCUT2D eigenvalue weighted by Crippen LogP contribution is -3.00.